The molecule has 8 nitrogen and oxygen atoms in total. The zero-order valence-electron chi connectivity index (χ0n) is 16.5. The van der Waals surface area contributed by atoms with Gasteiger partial charge in [0.1, 0.15) is 5.69 Å². The highest BCUT2D eigenvalue weighted by atomic mass is 16.6. The normalized spacial score (nSPS) is 10.3. The summed E-state index contributed by atoms with van der Waals surface area (Å²) >= 11 is 0. The molecule has 0 spiro atoms. The smallest absolute Gasteiger partial charge is 0.293 e. The summed E-state index contributed by atoms with van der Waals surface area (Å²) in [7, 11) is 3.37. The van der Waals surface area contributed by atoms with Crippen molar-refractivity contribution in [3.8, 4) is 0 Å². The Hall–Kier alpha value is -4.07. The minimum atomic E-state index is -0.529. The van der Waals surface area contributed by atoms with Gasteiger partial charge in [0.15, 0.2) is 5.78 Å². The Morgan fingerprint density at radius 3 is 2.43 bits per heavy atom. The summed E-state index contributed by atoms with van der Waals surface area (Å²) in [5.41, 5.74) is 1.55. The predicted molar refractivity (Wildman–Crippen MR) is 113 cm³/mol. The van der Waals surface area contributed by atoms with Gasteiger partial charge in [-0.1, -0.05) is 24.3 Å². The van der Waals surface area contributed by atoms with Gasteiger partial charge in [0.25, 0.3) is 11.6 Å². The molecule has 0 saturated carbocycles. The number of nitro groups is 1. The molecule has 1 N–H and O–H groups in total. The lowest BCUT2D eigenvalue weighted by Gasteiger charge is -2.14. The molecule has 3 aromatic rings. The maximum Gasteiger partial charge on any atom is 0.293 e. The van der Waals surface area contributed by atoms with Crippen molar-refractivity contribution in [2.45, 2.75) is 6.54 Å². The SMILES string of the molecule is CN(C)c1ccc(C(=O)c2ccccc2C(=O)NCc2cccnc2)cc1[N+](=O)[O-]. The molecule has 0 aliphatic carbocycles. The average Bonchev–Trinajstić information content (AvgIpc) is 2.77. The molecule has 0 aliphatic rings. The van der Waals surface area contributed by atoms with Gasteiger partial charge in [0, 0.05) is 50.2 Å². The van der Waals surface area contributed by atoms with Crippen molar-refractivity contribution in [3.63, 3.8) is 0 Å². The Morgan fingerprint density at radius 1 is 1.07 bits per heavy atom. The van der Waals surface area contributed by atoms with Crippen LogP contribution in [-0.2, 0) is 6.54 Å². The fourth-order valence-electron chi connectivity index (χ4n) is 3.00. The molecule has 1 amide bonds. The fraction of sp³-hybridized carbons (Fsp3) is 0.136. The number of carbonyl (C=O) groups is 2. The number of rotatable bonds is 7. The number of nitrogens with zero attached hydrogens (tertiary/aromatic N) is 3. The molecule has 1 heterocycles. The molecule has 0 saturated heterocycles. The van der Waals surface area contributed by atoms with Crippen LogP contribution in [-0.4, -0.2) is 35.7 Å². The molecule has 0 aliphatic heterocycles. The lowest BCUT2D eigenvalue weighted by molar-refractivity contribution is -0.384. The van der Waals surface area contributed by atoms with Crippen LogP contribution in [0.2, 0.25) is 0 Å². The summed E-state index contributed by atoms with van der Waals surface area (Å²) in [6.45, 7) is 0.262. The largest absolute Gasteiger partial charge is 0.372 e. The van der Waals surface area contributed by atoms with Crippen molar-refractivity contribution in [2.75, 3.05) is 19.0 Å². The Bertz CT molecular complexity index is 1100. The summed E-state index contributed by atoms with van der Waals surface area (Å²) in [4.78, 5) is 42.3. The van der Waals surface area contributed by atoms with E-state index in [2.05, 4.69) is 10.3 Å². The maximum atomic E-state index is 13.1. The number of amides is 1. The highest BCUT2D eigenvalue weighted by molar-refractivity contribution is 6.15. The number of hydrogen-bond donors (Lipinski definition) is 1. The van der Waals surface area contributed by atoms with Gasteiger partial charge >= 0.3 is 0 Å². The first-order chi connectivity index (χ1) is 14.4. The first kappa shape index (κ1) is 20.7. The molecule has 0 radical (unpaired) electrons. The van der Waals surface area contributed by atoms with Gasteiger partial charge in [-0.3, -0.25) is 24.7 Å². The summed E-state index contributed by atoms with van der Waals surface area (Å²) in [6.07, 6.45) is 3.28. The van der Waals surface area contributed by atoms with Gasteiger partial charge in [0.2, 0.25) is 0 Å². The number of ketones is 1. The van der Waals surface area contributed by atoms with Crippen molar-refractivity contribution in [3.05, 3.63) is 99.4 Å². The minimum absolute atomic E-state index is 0.139. The lowest BCUT2D eigenvalue weighted by Crippen LogP contribution is -2.25. The molecule has 0 fully saturated rings. The van der Waals surface area contributed by atoms with Crippen LogP contribution < -0.4 is 10.2 Å². The van der Waals surface area contributed by atoms with Gasteiger partial charge in [-0.05, 0) is 29.8 Å². The highest BCUT2D eigenvalue weighted by Crippen LogP contribution is 2.29. The first-order valence-corrected chi connectivity index (χ1v) is 9.15. The van der Waals surface area contributed by atoms with E-state index in [1.54, 1.807) is 55.7 Å². The van der Waals surface area contributed by atoms with Crippen molar-refractivity contribution < 1.29 is 14.5 Å². The van der Waals surface area contributed by atoms with E-state index < -0.39 is 16.6 Å². The Labute approximate surface area is 173 Å². The van der Waals surface area contributed by atoms with Crippen LogP contribution in [0.1, 0.15) is 31.8 Å². The average molecular weight is 404 g/mol. The predicted octanol–water partition coefficient (Wildman–Crippen LogP) is 3.22. The molecular formula is C22H20N4O4. The zero-order valence-corrected chi connectivity index (χ0v) is 16.5. The van der Waals surface area contributed by atoms with E-state index in [0.717, 1.165) is 5.56 Å². The Balaban J connectivity index is 1.89. The van der Waals surface area contributed by atoms with Gasteiger partial charge in [0.05, 0.1) is 10.5 Å². The van der Waals surface area contributed by atoms with E-state index in [-0.39, 0.29) is 28.9 Å². The summed E-state index contributed by atoms with van der Waals surface area (Å²) in [6, 6.07) is 14.3. The number of benzene rings is 2. The third-order valence-corrected chi connectivity index (χ3v) is 4.51. The lowest BCUT2D eigenvalue weighted by atomic mass is 9.97. The molecule has 8 heteroatoms. The molecule has 3 rings (SSSR count). The van der Waals surface area contributed by atoms with Crippen LogP contribution in [0.25, 0.3) is 0 Å². The van der Waals surface area contributed by atoms with Crippen molar-refractivity contribution >= 4 is 23.1 Å². The number of nitrogens with one attached hydrogen (secondary N) is 1. The van der Waals surface area contributed by atoms with E-state index in [1.807, 2.05) is 6.07 Å². The van der Waals surface area contributed by atoms with E-state index >= 15 is 0 Å². The highest BCUT2D eigenvalue weighted by Gasteiger charge is 2.22. The van der Waals surface area contributed by atoms with E-state index in [0.29, 0.717) is 5.69 Å². The third kappa shape index (κ3) is 4.49. The van der Waals surface area contributed by atoms with E-state index in [9.17, 15) is 19.7 Å². The van der Waals surface area contributed by atoms with Crippen LogP contribution in [0, 0.1) is 10.1 Å². The second kappa shape index (κ2) is 8.95. The van der Waals surface area contributed by atoms with Gasteiger partial charge in [-0.2, -0.15) is 0 Å². The van der Waals surface area contributed by atoms with E-state index in [4.69, 9.17) is 0 Å². The molecule has 30 heavy (non-hydrogen) atoms. The number of aromatic nitrogens is 1. The molecule has 152 valence electrons. The molecule has 2 aromatic carbocycles. The van der Waals surface area contributed by atoms with Crippen LogP contribution in [0.3, 0.4) is 0 Å². The number of carbonyl (C=O) groups excluding carboxylic acids is 2. The number of anilines is 1. The quantitative estimate of drug-likeness (QED) is 0.368. The summed E-state index contributed by atoms with van der Waals surface area (Å²) < 4.78 is 0. The number of pyridine rings is 1. The molecule has 0 atom stereocenters. The standard InChI is InChI=1S/C22H20N4O4/c1-25(2)19-10-9-16(12-20(19)26(29)30)21(27)17-7-3-4-8-18(17)22(28)24-14-15-6-5-11-23-13-15/h3-13H,14H2,1-2H3,(H,24,28). The monoisotopic (exact) mass is 404 g/mol. The van der Waals surface area contributed by atoms with Crippen LogP contribution in [0.4, 0.5) is 11.4 Å². The van der Waals surface area contributed by atoms with Gasteiger partial charge in [-0.25, -0.2) is 0 Å². The first-order valence-electron chi connectivity index (χ1n) is 9.15. The second-order valence-electron chi connectivity index (χ2n) is 6.77. The summed E-state index contributed by atoms with van der Waals surface area (Å²) in [5, 5.41) is 14.2. The van der Waals surface area contributed by atoms with Crippen LogP contribution in [0.5, 0.6) is 0 Å². The zero-order chi connectivity index (χ0) is 21.7. The van der Waals surface area contributed by atoms with Crippen LogP contribution >= 0.6 is 0 Å². The van der Waals surface area contributed by atoms with Crippen LogP contribution in [0.15, 0.2) is 67.0 Å². The van der Waals surface area contributed by atoms with Gasteiger partial charge < -0.3 is 10.2 Å². The number of hydrogen-bond acceptors (Lipinski definition) is 6. The molecule has 0 bridgehead atoms. The Kier molecular flexibility index (Phi) is 6.17. The number of nitro benzene ring substituents is 1. The van der Waals surface area contributed by atoms with Crippen molar-refractivity contribution in [1.82, 2.24) is 10.3 Å². The summed E-state index contributed by atoms with van der Waals surface area (Å²) in [5.74, 6) is -0.877. The maximum absolute atomic E-state index is 13.1. The van der Waals surface area contributed by atoms with Crippen molar-refractivity contribution in [2.24, 2.45) is 0 Å². The topological polar surface area (TPSA) is 105 Å². The fourth-order valence-corrected chi connectivity index (χ4v) is 3.00. The van der Waals surface area contributed by atoms with Crippen molar-refractivity contribution in [1.29, 1.82) is 0 Å². The Morgan fingerprint density at radius 2 is 1.80 bits per heavy atom. The molecule has 1 aromatic heterocycles. The van der Waals surface area contributed by atoms with Gasteiger partial charge in [-0.15, -0.1) is 0 Å². The van der Waals surface area contributed by atoms with E-state index in [1.165, 1.54) is 24.3 Å². The minimum Gasteiger partial charge on any atom is -0.372 e. The molecule has 0 unspecified atom stereocenters. The third-order valence-electron chi connectivity index (χ3n) is 4.51. The second-order valence-corrected chi connectivity index (χ2v) is 6.77. The molecular weight excluding hydrogens is 384 g/mol.